The van der Waals surface area contributed by atoms with Gasteiger partial charge in [0.25, 0.3) is 0 Å². The molecule has 2 aromatic carbocycles. The number of benzene rings is 2. The molecule has 2 unspecified atom stereocenters. The second-order valence-electron chi connectivity index (χ2n) is 5.52. The van der Waals surface area contributed by atoms with Gasteiger partial charge >= 0.3 is 0 Å². The van der Waals surface area contributed by atoms with Crippen molar-refractivity contribution < 1.29 is 0 Å². The zero-order valence-electron chi connectivity index (χ0n) is 12.4. The molecule has 0 bridgehead atoms. The third-order valence-electron chi connectivity index (χ3n) is 4.16. The van der Waals surface area contributed by atoms with Crippen molar-refractivity contribution in [3.63, 3.8) is 0 Å². The van der Waals surface area contributed by atoms with Gasteiger partial charge in [0.05, 0.1) is 29.4 Å². The Labute approximate surface area is 145 Å². The predicted octanol–water partition coefficient (Wildman–Crippen LogP) is 3.63. The van der Waals surface area contributed by atoms with E-state index in [0.717, 1.165) is 17.0 Å². The first-order chi connectivity index (χ1) is 11.4. The monoisotopic (exact) mass is 341 g/mol. The number of hydrogen-bond acceptors (Lipinski definition) is 4. The molecule has 2 N–H and O–H groups in total. The van der Waals surface area contributed by atoms with E-state index < -0.39 is 0 Å². The molecular weight excluding hydrogens is 326 g/mol. The highest BCUT2D eigenvalue weighted by Crippen LogP contribution is 2.35. The third-order valence-corrected chi connectivity index (χ3v) is 5.15. The number of aliphatic imine (C=N–C) groups is 1. The van der Waals surface area contributed by atoms with Crippen LogP contribution in [-0.4, -0.2) is 23.7 Å². The van der Waals surface area contributed by atoms with E-state index in [1.807, 2.05) is 24.3 Å². The zero-order valence-corrected chi connectivity index (χ0v) is 13.9. The van der Waals surface area contributed by atoms with Gasteiger partial charge in [0.15, 0.2) is 0 Å². The van der Waals surface area contributed by atoms with Crippen molar-refractivity contribution in [1.29, 1.82) is 0 Å². The lowest BCUT2D eigenvalue weighted by molar-refractivity contribution is 0.710. The van der Waals surface area contributed by atoms with Gasteiger partial charge in [0, 0.05) is 17.7 Å². The van der Waals surface area contributed by atoms with E-state index in [9.17, 15) is 0 Å². The molecule has 2 atom stereocenters. The van der Waals surface area contributed by atoms with Crippen molar-refractivity contribution in [2.24, 2.45) is 4.99 Å². The lowest BCUT2D eigenvalue weighted by atomic mass is 9.86. The summed E-state index contributed by atoms with van der Waals surface area (Å²) in [5, 5.41) is 0. The summed E-state index contributed by atoms with van der Waals surface area (Å²) >= 11 is 7.78. The molecule has 0 aliphatic carbocycles. The zero-order chi connectivity index (χ0) is 15.6. The average Bonchev–Trinajstić information content (AvgIpc) is 3.11. The van der Waals surface area contributed by atoms with Crippen molar-refractivity contribution in [3.8, 4) is 0 Å². The molecule has 2 heterocycles. The quantitative estimate of drug-likeness (QED) is 0.661. The number of alkyl halides is 1. The largest absolute Gasteiger partial charge is 0.254 e. The molecule has 3 nitrogen and oxygen atoms in total. The molecule has 116 valence electrons. The molecule has 0 radical (unpaired) electrons. The molecular formula is C18H16ClN3S. The minimum absolute atomic E-state index is 0.129. The van der Waals surface area contributed by atoms with Crippen LogP contribution in [0.15, 0.2) is 71.4 Å². The first-order valence-electron chi connectivity index (χ1n) is 7.54. The fourth-order valence-electron chi connectivity index (χ4n) is 3.11. The molecule has 1 saturated heterocycles. The van der Waals surface area contributed by atoms with Gasteiger partial charge < -0.3 is 0 Å². The van der Waals surface area contributed by atoms with Crippen LogP contribution >= 0.6 is 23.7 Å². The lowest BCUT2D eigenvalue weighted by Gasteiger charge is -2.29. The molecule has 4 rings (SSSR count). The van der Waals surface area contributed by atoms with Crippen LogP contribution in [0.25, 0.3) is 5.57 Å². The number of nitrogens with one attached hydrogen (secondary N) is 2. The van der Waals surface area contributed by atoms with Crippen molar-refractivity contribution >= 4 is 35.0 Å². The van der Waals surface area contributed by atoms with E-state index in [2.05, 4.69) is 45.8 Å². The Bertz CT molecular complexity index is 758. The maximum absolute atomic E-state index is 6.25. The van der Waals surface area contributed by atoms with Gasteiger partial charge in [0.1, 0.15) is 0 Å². The SMILES string of the molecule is ClCC1=C(c2ccccc2)C2NSNC2C(c2ccccc2)=N1. The maximum Gasteiger partial charge on any atom is 0.0816 e. The molecule has 2 aliphatic heterocycles. The Morgan fingerprint density at radius 3 is 2.13 bits per heavy atom. The van der Waals surface area contributed by atoms with Crippen LogP contribution < -0.4 is 9.44 Å². The first-order valence-corrected chi connectivity index (χ1v) is 8.89. The average molecular weight is 342 g/mol. The van der Waals surface area contributed by atoms with E-state index in [1.165, 1.54) is 23.3 Å². The Hall–Kier alpha value is -1.59. The van der Waals surface area contributed by atoms with Crippen LogP contribution in [0.4, 0.5) is 0 Å². The molecule has 2 aliphatic rings. The van der Waals surface area contributed by atoms with Gasteiger partial charge in [-0.15, -0.1) is 11.6 Å². The highest BCUT2D eigenvalue weighted by molar-refractivity contribution is 7.95. The van der Waals surface area contributed by atoms with Crippen molar-refractivity contribution in [3.05, 3.63) is 77.5 Å². The maximum atomic E-state index is 6.25. The van der Waals surface area contributed by atoms with E-state index in [0.29, 0.717) is 5.88 Å². The van der Waals surface area contributed by atoms with Crippen molar-refractivity contribution in [2.45, 2.75) is 12.1 Å². The summed E-state index contributed by atoms with van der Waals surface area (Å²) in [6.45, 7) is 0. The molecule has 5 heteroatoms. The fourth-order valence-corrected chi connectivity index (χ4v) is 4.14. The minimum atomic E-state index is 0.129. The molecule has 0 spiro atoms. The summed E-state index contributed by atoms with van der Waals surface area (Å²) in [5.41, 5.74) is 5.47. The summed E-state index contributed by atoms with van der Waals surface area (Å²) < 4.78 is 6.93. The number of nitrogens with zero attached hydrogens (tertiary/aromatic N) is 1. The number of hydrogen-bond donors (Lipinski definition) is 2. The van der Waals surface area contributed by atoms with Crippen LogP contribution in [0.5, 0.6) is 0 Å². The smallest absolute Gasteiger partial charge is 0.0816 e. The number of fused-ring (bicyclic) bond motifs is 1. The summed E-state index contributed by atoms with van der Waals surface area (Å²) in [4.78, 5) is 4.92. The molecule has 23 heavy (non-hydrogen) atoms. The Balaban J connectivity index is 1.87. The van der Waals surface area contributed by atoms with E-state index >= 15 is 0 Å². The summed E-state index contributed by atoms with van der Waals surface area (Å²) in [5.74, 6) is 0.399. The standard InChI is InChI=1S/C18H16ClN3S/c19-11-14-15(12-7-3-1-4-8-12)17-18(22-23-21-17)16(20-14)13-9-5-2-6-10-13/h1-10,17-18,21-22H,11H2. The first kappa shape index (κ1) is 15.0. The number of halogens is 1. The van der Waals surface area contributed by atoms with Gasteiger partial charge in [-0.3, -0.25) is 4.99 Å². The normalized spacial score (nSPS) is 23.6. The van der Waals surface area contributed by atoms with Crippen LogP contribution in [0.3, 0.4) is 0 Å². The van der Waals surface area contributed by atoms with Gasteiger partial charge in [0.2, 0.25) is 0 Å². The van der Waals surface area contributed by atoms with Crippen LogP contribution in [0.2, 0.25) is 0 Å². The Morgan fingerprint density at radius 1 is 0.870 bits per heavy atom. The fraction of sp³-hybridized carbons (Fsp3) is 0.167. The molecule has 1 fully saturated rings. The molecule has 0 amide bonds. The second-order valence-corrected chi connectivity index (χ2v) is 6.46. The molecule has 2 aromatic rings. The topological polar surface area (TPSA) is 36.4 Å². The number of rotatable bonds is 3. The minimum Gasteiger partial charge on any atom is -0.254 e. The summed E-state index contributed by atoms with van der Waals surface area (Å²) in [6, 6.07) is 20.9. The molecule has 0 aromatic heterocycles. The third kappa shape index (κ3) is 2.72. The Kier molecular flexibility index (Phi) is 4.23. The van der Waals surface area contributed by atoms with E-state index in [4.69, 9.17) is 16.6 Å². The van der Waals surface area contributed by atoms with Crippen LogP contribution in [0, 0.1) is 0 Å². The van der Waals surface area contributed by atoms with Gasteiger partial charge in [-0.05, 0) is 11.1 Å². The summed E-state index contributed by atoms with van der Waals surface area (Å²) in [7, 11) is 0. The van der Waals surface area contributed by atoms with E-state index in [-0.39, 0.29) is 12.1 Å². The second kappa shape index (κ2) is 6.49. The predicted molar refractivity (Wildman–Crippen MR) is 98.5 cm³/mol. The Morgan fingerprint density at radius 2 is 1.48 bits per heavy atom. The van der Waals surface area contributed by atoms with Gasteiger partial charge in [-0.1, -0.05) is 60.7 Å². The highest BCUT2D eigenvalue weighted by atomic mass is 35.5. The van der Waals surface area contributed by atoms with E-state index in [1.54, 1.807) is 0 Å². The number of allylic oxidation sites excluding steroid dienone is 1. The van der Waals surface area contributed by atoms with Crippen molar-refractivity contribution in [2.75, 3.05) is 5.88 Å². The molecule has 0 saturated carbocycles. The van der Waals surface area contributed by atoms with Crippen molar-refractivity contribution in [1.82, 2.24) is 9.44 Å². The van der Waals surface area contributed by atoms with Crippen LogP contribution in [0.1, 0.15) is 11.1 Å². The van der Waals surface area contributed by atoms with Gasteiger partial charge in [-0.2, -0.15) is 0 Å². The lowest BCUT2D eigenvalue weighted by Crippen LogP contribution is -2.44. The van der Waals surface area contributed by atoms with Crippen LogP contribution in [-0.2, 0) is 0 Å². The highest BCUT2D eigenvalue weighted by Gasteiger charge is 2.39. The van der Waals surface area contributed by atoms with Gasteiger partial charge in [-0.25, -0.2) is 9.44 Å². The summed E-state index contributed by atoms with van der Waals surface area (Å²) in [6.07, 6.45) is 0.